The van der Waals surface area contributed by atoms with Crippen LogP contribution in [0.5, 0.6) is 0 Å². The van der Waals surface area contributed by atoms with Crippen molar-refractivity contribution in [2.24, 2.45) is 0 Å². The van der Waals surface area contributed by atoms with Gasteiger partial charge in [0.2, 0.25) is 0 Å². The van der Waals surface area contributed by atoms with Crippen LogP contribution in [0.15, 0.2) is 6.20 Å². The second-order valence-electron chi connectivity index (χ2n) is 2.88. The topological polar surface area (TPSA) is 65.2 Å². The van der Waals surface area contributed by atoms with Crippen LogP contribution < -0.4 is 5.73 Å². The fourth-order valence-corrected chi connectivity index (χ4v) is 1.82. The van der Waals surface area contributed by atoms with Crippen molar-refractivity contribution in [3.63, 3.8) is 0 Å². The maximum absolute atomic E-state index is 12.6. The Morgan fingerprint density at radius 1 is 1.69 bits per heavy atom. The quantitative estimate of drug-likeness (QED) is 0.686. The molecule has 7 heteroatoms. The summed E-state index contributed by atoms with van der Waals surface area (Å²) in [5.74, 6) is -0.753. The number of pyridine rings is 1. The van der Waals surface area contributed by atoms with Crippen LogP contribution in [0.25, 0.3) is 0 Å². The third kappa shape index (κ3) is 2.29. The smallest absolute Gasteiger partial charge is 0.340 e. The van der Waals surface area contributed by atoms with Crippen molar-refractivity contribution in [2.45, 2.75) is 11.8 Å². The summed E-state index contributed by atoms with van der Waals surface area (Å²) in [6.07, 6.45) is -1.74. The van der Waals surface area contributed by atoms with Crippen LogP contribution in [0, 0.1) is 0 Å². The van der Waals surface area contributed by atoms with Crippen LogP contribution in [0.1, 0.15) is 28.0 Å². The Kier molecular flexibility index (Phi) is 4.17. The first-order valence-corrected chi connectivity index (χ1v) is 5.34. The number of rotatable bonds is 3. The van der Waals surface area contributed by atoms with Crippen molar-refractivity contribution >= 4 is 27.6 Å². The van der Waals surface area contributed by atoms with Crippen LogP contribution in [0.2, 0.25) is 0 Å². The number of nitrogens with two attached hydrogens (primary N) is 1. The van der Waals surface area contributed by atoms with Crippen LogP contribution in [-0.2, 0) is 10.1 Å². The molecule has 0 aliphatic rings. The highest BCUT2D eigenvalue weighted by Crippen LogP contribution is 2.28. The first-order valence-electron chi connectivity index (χ1n) is 4.22. The summed E-state index contributed by atoms with van der Waals surface area (Å²) in [5.41, 5.74) is 5.06. The van der Waals surface area contributed by atoms with Crippen LogP contribution in [-0.4, -0.2) is 18.1 Å². The van der Waals surface area contributed by atoms with E-state index in [-0.39, 0.29) is 22.1 Å². The van der Waals surface area contributed by atoms with Crippen molar-refractivity contribution < 1.29 is 18.3 Å². The van der Waals surface area contributed by atoms with E-state index in [1.807, 2.05) is 0 Å². The van der Waals surface area contributed by atoms with E-state index in [4.69, 9.17) is 5.73 Å². The van der Waals surface area contributed by atoms with Crippen LogP contribution >= 0.6 is 15.9 Å². The molecule has 0 fully saturated rings. The summed E-state index contributed by atoms with van der Waals surface area (Å²) < 4.78 is 29.7. The molecule has 0 saturated carbocycles. The third-order valence-corrected chi connectivity index (χ3v) is 2.53. The van der Waals surface area contributed by atoms with Gasteiger partial charge in [0.25, 0.3) is 6.43 Å². The lowest BCUT2D eigenvalue weighted by Crippen LogP contribution is -2.12. The number of nitrogens with zero attached hydrogens (tertiary/aromatic N) is 1. The molecule has 1 rings (SSSR count). The molecule has 4 nitrogen and oxygen atoms in total. The summed E-state index contributed by atoms with van der Waals surface area (Å²) in [6, 6.07) is 0. The summed E-state index contributed by atoms with van der Waals surface area (Å²) in [4.78, 5) is 14.9. The molecule has 0 aliphatic heterocycles. The molecule has 1 heterocycles. The van der Waals surface area contributed by atoms with Gasteiger partial charge >= 0.3 is 5.97 Å². The van der Waals surface area contributed by atoms with E-state index in [0.717, 1.165) is 13.3 Å². The van der Waals surface area contributed by atoms with E-state index in [9.17, 15) is 13.6 Å². The number of nitrogen functional groups attached to an aromatic ring is 1. The monoisotopic (exact) mass is 294 g/mol. The summed E-state index contributed by atoms with van der Waals surface area (Å²) >= 11 is 3.02. The fourth-order valence-electron chi connectivity index (χ4n) is 1.25. The molecule has 1 aromatic rings. The lowest BCUT2D eigenvalue weighted by atomic mass is 10.1. The van der Waals surface area contributed by atoms with Crippen molar-refractivity contribution in [1.29, 1.82) is 0 Å². The van der Waals surface area contributed by atoms with E-state index >= 15 is 0 Å². The number of ether oxygens (including phenoxy) is 1. The van der Waals surface area contributed by atoms with Gasteiger partial charge in [0.15, 0.2) is 0 Å². The number of anilines is 1. The fraction of sp³-hybridized carbons (Fsp3) is 0.333. The molecule has 1 aromatic heterocycles. The highest BCUT2D eigenvalue weighted by molar-refractivity contribution is 9.08. The number of carbonyl (C=O) groups is 1. The predicted octanol–water partition coefficient (Wildman–Crippen LogP) is 2.28. The Bertz CT molecular complexity index is 413. The predicted molar refractivity (Wildman–Crippen MR) is 57.6 cm³/mol. The Morgan fingerprint density at radius 3 is 2.75 bits per heavy atom. The van der Waals surface area contributed by atoms with E-state index in [2.05, 4.69) is 25.7 Å². The van der Waals surface area contributed by atoms with Gasteiger partial charge in [-0.1, -0.05) is 15.9 Å². The van der Waals surface area contributed by atoms with E-state index in [1.54, 1.807) is 0 Å². The van der Waals surface area contributed by atoms with Gasteiger partial charge in [-0.05, 0) is 0 Å². The number of alkyl halides is 3. The standard InChI is InChI=1S/C9H9BrF2N2O2/c1-16-9(15)6-4(2-10)7(8(11)12)14-3-5(6)13/h3,8H,2,13H2,1H3. The van der Waals surface area contributed by atoms with E-state index < -0.39 is 18.1 Å². The average molecular weight is 295 g/mol. The van der Waals surface area contributed by atoms with Crippen LogP contribution in [0.4, 0.5) is 14.5 Å². The normalized spacial score (nSPS) is 10.6. The number of hydrogen-bond acceptors (Lipinski definition) is 4. The molecule has 0 atom stereocenters. The zero-order chi connectivity index (χ0) is 12.3. The third-order valence-electron chi connectivity index (χ3n) is 1.97. The highest BCUT2D eigenvalue weighted by Gasteiger charge is 2.23. The minimum absolute atomic E-state index is 0.0192. The van der Waals surface area contributed by atoms with Gasteiger partial charge in [0, 0.05) is 10.9 Å². The maximum Gasteiger partial charge on any atom is 0.340 e. The highest BCUT2D eigenvalue weighted by atomic mass is 79.9. The van der Waals surface area contributed by atoms with Gasteiger partial charge in [0.1, 0.15) is 5.69 Å². The number of halogens is 3. The number of aromatic nitrogens is 1. The molecule has 0 spiro atoms. The SMILES string of the molecule is COC(=O)c1c(N)cnc(C(F)F)c1CBr. The molecule has 2 N–H and O–H groups in total. The molecule has 0 unspecified atom stereocenters. The van der Waals surface area contributed by atoms with Crippen molar-refractivity contribution in [2.75, 3.05) is 12.8 Å². The van der Waals surface area contributed by atoms with Crippen molar-refractivity contribution in [1.82, 2.24) is 4.98 Å². The van der Waals surface area contributed by atoms with Gasteiger partial charge in [0.05, 0.1) is 24.6 Å². The van der Waals surface area contributed by atoms with Crippen LogP contribution in [0.3, 0.4) is 0 Å². The Morgan fingerprint density at radius 2 is 2.31 bits per heavy atom. The Balaban J connectivity index is 3.44. The lowest BCUT2D eigenvalue weighted by molar-refractivity contribution is 0.0600. The second kappa shape index (κ2) is 5.20. The zero-order valence-corrected chi connectivity index (χ0v) is 9.92. The summed E-state index contributed by atoms with van der Waals surface area (Å²) in [5, 5.41) is 0.0507. The van der Waals surface area contributed by atoms with Gasteiger partial charge in [-0.15, -0.1) is 0 Å². The Labute approximate surface area is 98.9 Å². The number of methoxy groups -OCH3 is 1. The maximum atomic E-state index is 12.6. The molecule has 0 saturated heterocycles. The molecule has 16 heavy (non-hydrogen) atoms. The largest absolute Gasteiger partial charge is 0.465 e. The van der Waals surface area contributed by atoms with Crippen molar-refractivity contribution in [3.05, 3.63) is 23.0 Å². The molecule has 0 aromatic carbocycles. The molecular weight excluding hydrogens is 286 g/mol. The van der Waals surface area contributed by atoms with Gasteiger partial charge in [-0.2, -0.15) is 0 Å². The van der Waals surface area contributed by atoms with Gasteiger partial charge in [-0.3, -0.25) is 4.98 Å². The summed E-state index contributed by atoms with van der Waals surface area (Å²) in [6.45, 7) is 0. The summed E-state index contributed by atoms with van der Waals surface area (Å²) in [7, 11) is 1.16. The van der Waals surface area contributed by atoms with Crippen molar-refractivity contribution in [3.8, 4) is 0 Å². The zero-order valence-electron chi connectivity index (χ0n) is 8.34. The molecule has 0 bridgehead atoms. The first-order chi connectivity index (χ1) is 7.52. The van der Waals surface area contributed by atoms with Gasteiger partial charge in [-0.25, -0.2) is 13.6 Å². The Hall–Kier alpha value is -1.24. The molecule has 0 aliphatic carbocycles. The number of carbonyl (C=O) groups excluding carboxylic acids is 1. The van der Waals surface area contributed by atoms with E-state index in [1.165, 1.54) is 0 Å². The molecule has 88 valence electrons. The second-order valence-corrected chi connectivity index (χ2v) is 3.44. The minimum atomic E-state index is -2.77. The molecule has 0 amide bonds. The first kappa shape index (κ1) is 12.8. The van der Waals surface area contributed by atoms with E-state index in [0.29, 0.717) is 0 Å². The minimum Gasteiger partial charge on any atom is -0.465 e. The number of esters is 1. The average Bonchev–Trinajstić information content (AvgIpc) is 2.26. The van der Waals surface area contributed by atoms with Gasteiger partial charge < -0.3 is 10.5 Å². The molecule has 0 radical (unpaired) electrons. The lowest BCUT2D eigenvalue weighted by Gasteiger charge is -2.12. The number of hydrogen-bond donors (Lipinski definition) is 1. The molecular formula is C9H9BrF2N2O2.